The predicted molar refractivity (Wildman–Crippen MR) is 170 cm³/mol. The van der Waals surface area contributed by atoms with Crippen LogP contribution in [0.25, 0.3) is 0 Å². The van der Waals surface area contributed by atoms with Crippen molar-refractivity contribution in [2.75, 3.05) is 0 Å². The summed E-state index contributed by atoms with van der Waals surface area (Å²) >= 11 is 0. The van der Waals surface area contributed by atoms with E-state index in [1.165, 1.54) is 21.5 Å². The van der Waals surface area contributed by atoms with Crippen LogP contribution in [0.4, 0.5) is 4.79 Å². The SMILES string of the molecule is CC(C)(C)OC(=O)N[C@H](Cc1cn(Cc2ccccc2)cn1)[P+](c1ccccc1)(c1ccccc1)c1ccccc1. The van der Waals surface area contributed by atoms with Gasteiger partial charge >= 0.3 is 6.09 Å². The predicted octanol–water partition coefficient (Wildman–Crippen LogP) is 6.32. The molecule has 0 bridgehead atoms. The summed E-state index contributed by atoms with van der Waals surface area (Å²) in [4.78, 5) is 18.3. The number of imidazole rings is 1. The highest BCUT2D eigenvalue weighted by Gasteiger charge is 2.53. The van der Waals surface area contributed by atoms with Crippen molar-refractivity contribution in [1.82, 2.24) is 14.9 Å². The van der Waals surface area contributed by atoms with Gasteiger partial charge in [0.1, 0.15) is 28.8 Å². The first kappa shape index (κ1) is 28.3. The molecule has 4 aromatic carbocycles. The third-order valence-electron chi connectivity index (χ3n) is 6.94. The van der Waals surface area contributed by atoms with Crippen LogP contribution >= 0.6 is 7.26 Å². The summed E-state index contributed by atoms with van der Waals surface area (Å²) in [7, 11) is -2.47. The van der Waals surface area contributed by atoms with Crippen LogP contribution in [-0.2, 0) is 17.7 Å². The molecule has 1 atom stereocenters. The van der Waals surface area contributed by atoms with E-state index >= 15 is 0 Å². The number of hydrogen-bond acceptors (Lipinski definition) is 3. The van der Waals surface area contributed by atoms with Crippen LogP contribution in [0.15, 0.2) is 134 Å². The lowest BCUT2D eigenvalue weighted by Crippen LogP contribution is -2.49. The maximum Gasteiger partial charge on any atom is 0.410 e. The molecule has 5 nitrogen and oxygen atoms in total. The molecule has 1 aromatic heterocycles. The second-order valence-corrected chi connectivity index (χ2v) is 14.7. The van der Waals surface area contributed by atoms with E-state index in [1.807, 2.05) is 63.5 Å². The van der Waals surface area contributed by atoms with Gasteiger partial charge in [-0.1, -0.05) is 84.9 Å². The van der Waals surface area contributed by atoms with Crippen molar-refractivity contribution in [2.45, 2.75) is 45.1 Å². The van der Waals surface area contributed by atoms with Gasteiger partial charge in [0, 0.05) is 19.2 Å². The summed E-state index contributed by atoms with van der Waals surface area (Å²) in [5.41, 5.74) is 1.49. The molecule has 0 radical (unpaired) electrons. The maximum atomic E-state index is 13.5. The Morgan fingerprint density at radius 3 is 1.71 bits per heavy atom. The van der Waals surface area contributed by atoms with Gasteiger partial charge in [-0.2, -0.15) is 0 Å². The first-order valence-electron chi connectivity index (χ1n) is 13.9. The van der Waals surface area contributed by atoms with Crippen LogP contribution in [0.1, 0.15) is 32.0 Å². The molecule has 5 rings (SSSR count). The number of ether oxygens (including phenoxy) is 1. The number of alkyl carbamates (subject to hydrolysis) is 1. The number of amides is 1. The minimum Gasteiger partial charge on any atom is -0.444 e. The van der Waals surface area contributed by atoms with Gasteiger partial charge in [-0.25, -0.2) is 9.78 Å². The highest BCUT2D eigenvalue weighted by atomic mass is 31.2. The summed E-state index contributed by atoms with van der Waals surface area (Å²) in [5.74, 6) is -0.315. The van der Waals surface area contributed by atoms with Crippen LogP contribution in [0.2, 0.25) is 0 Å². The summed E-state index contributed by atoms with van der Waals surface area (Å²) in [6.07, 6.45) is 4.07. The Kier molecular flexibility index (Phi) is 8.66. The fourth-order valence-electron chi connectivity index (χ4n) is 5.30. The minimum atomic E-state index is -2.47. The van der Waals surface area contributed by atoms with Crippen molar-refractivity contribution >= 4 is 29.3 Å². The Morgan fingerprint density at radius 1 is 0.780 bits per heavy atom. The van der Waals surface area contributed by atoms with E-state index in [1.54, 1.807) is 0 Å². The molecule has 0 unspecified atom stereocenters. The van der Waals surface area contributed by atoms with Gasteiger partial charge in [0.15, 0.2) is 5.78 Å². The number of carbonyl (C=O) groups excluding carboxylic acids is 1. The highest BCUT2D eigenvalue weighted by Crippen LogP contribution is 2.59. The second kappa shape index (κ2) is 12.5. The molecule has 0 aliphatic rings. The zero-order chi connectivity index (χ0) is 28.7. The third kappa shape index (κ3) is 6.75. The first-order valence-corrected chi connectivity index (χ1v) is 15.8. The number of aromatic nitrogens is 2. The van der Waals surface area contributed by atoms with Crippen LogP contribution in [0.3, 0.4) is 0 Å². The zero-order valence-electron chi connectivity index (χ0n) is 23.9. The van der Waals surface area contributed by atoms with E-state index in [0.717, 1.165) is 12.2 Å². The average Bonchev–Trinajstić information content (AvgIpc) is 3.41. The quantitative estimate of drug-likeness (QED) is 0.214. The Hall–Kier alpha value is -4.21. The minimum absolute atomic E-state index is 0.315. The molecule has 208 valence electrons. The number of carbonyl (C=O) groups is 1. The Balaban J connectivity index is 1.65. The summed E-state index contributed by atoms with van der Waals surface area (Å²) < 4.78 is 7.94. The van der Waals surface area contributed by atoms with Gasteiger partial charge in [0.25, 0.3) is 0 Å². The number of rotatable bonds is 9. The summed E-state index contributed by atoms with van der Waals surface area (Å²) in [6.45, 7) is 6.40. The zero-order valence-corrected chi connectivity index (χ0v) is 24.7. The molecular weight excluding hydrogens is 525 g/mol. The smallest absolute Gasteiger partial charge is 0.410 e. The van der Waals surface area contributed by atoms with E-state index in [4.69, 9.17) is 9.72 Å². The normalized spacial score (nSPS) is 12.5. The van der Waals surface area contributed by atoms with Crippen molar-refractivity contribution in [2.24, 2.45) is 0 Å². The molecule has 0 spiro atoms. The lowest BCUT2D eigenvalue weighted by atomic mass is 10.2. The van der Waals surface area contributed by atoms with Crippen molar-refractivity contribution in [3.05, 3.63) is 145 Å². The number of nitrogens with one attached hydrogen (secondary N) is 1. The summed E-state index contributed by atoms with van der Waals surface area (Å²) in [6, 6.07) is 42.0. The third-order valence-corrected chi connectivity index (χ3v) is 11.5. The molecule has 41 heavy (non-hydrogen) atoms. The van der Waals surface area contributed by atoms with Gasteiger partial charge in [0.2, 0.25) is 0 Å². The monoisotopic (exact) mass is 562 g/mol. The van der Waals surface area contributed by atoms with Crippen LogP contribution in [0, 0.1) is 0 Å². The molecular formula is C35H37N3O2P+. The van der Waals surface area contributed by atoms with E-state index in [0.29, 0.717) is 6.42 Å². The molecule has 1 amide bonds. The molecule has 0 saturated carbocycles. The van der Waals surface area contributed by atoms with Gasteiger partial charge in [-0.3, -0.25) is 5.32 Å². The van der Waals surface area contributed by atoms with E-state index in [9.17, 15) is 4.79 Å². The van der Waals surface area contributed by atoms with Crippen molar-refractivity contribution in [1.29, 1.82) is 0 Å². The molecule has 0 fully saturated rings. The van der Waals surface area contributed by atoms with E-state index in [-0.39, 0.29) is 5.78 Å². The van der Waals surface area contributed by atoms with Gasteiger partial charge in [0.05, 0.1) is 12.0 Å². The number of benzene rings is 4. The van der Waals surface area contributed by atoms with Gasteiger partial charge in [-0.15, -0.1) is 0 Å². The molecule has 1 N–H and O–H groups in total. The molecule has 0 aliphatic heterocycles. The molecule has 5 aromatic rings. The summed E-state index contributed by atoms with van der Waals surface area (Å²) in [5, 5.41) is 6.90. The van der Waals surface area contributed by atoms with Gasteiger partial charge in [-0.05, 0) is 62.7 Å². The molecule has 1 heterocycles. The van der Waals surface area contributed by atoms with E-state index in [2.05, 4.69) is 101 Å². The fraction of sp³-hybridized carbons (Fsp3) is 0.200. The molecule has 6 heteroatoms. The van der Waals surface area contributed by atoms with Crippen molar-refractivity contribution < 1.29 is 9.53 Å². The lowest BCUT2D eigenvalue weighted by molar-refractivity contribution is 0.0521. The fourth-order valence-corrected chi connectivity index (χ4v) is 9.96. The largest absolute Gasteiger partial charge is 0.444 e. The Bertz CT molecular complexity index is 1440. The topological polar surface area (TPSA) is 56.1 Å². The second-order valence-electron chi connectivity index (χ2n) is 11.1. The van der Waals surface area contributed by atoms with Crippen LogP contribution in [0.5, 0.6) is 0 Å². The first-order chi connectivity index (χ1) is 19.8. The number of nitrogens with zero attached hydrogens (tertiary/aromatic N) is 2. The lowest BCUT2D eigenvalue weighted by Gasteiger charge is -2.35. The van der Waals surface area contributed by atoms with Gasteiger partial charge < -0.3 is 9.30 Å². The van der Waals surface area contributed by atoms with Crippen molar-refractivity contribution in [3.63, 3.8) is 0 Å². The van der Waals surface area contributed by atoms with E-state index < -0.39 is 19.0 Å². The molecule has 0 saturated heterocycles. The Morgan fingerprint density at radius 2 is 1.24 bits per heavy atom. The van der Waals surface area contributed by atoms with Crippen LogP contribution < -0.4 is 21.2 Å². The van der Waals surface area contributed by atoms with Crippen molar-refractivity contribution in [3.8, 4) is 0 Å². The number of hydrogen-bond donors (Lipinski definition) is 1. The van der Waals surface area contributed by atoms with Crippen LogP contribution in [-0.4, -0.2) is 27.0 Å². The molecule has 0 aliphatic carbocycles. The Labute approximate surface area is 243 Å². The average molecular weight is 563 g/mol. The maximum absolute atomic E-state index is 13.5. The standard InChI is InChI=1S/C35H36N3O2P/c1-35(2,3)40-34(39)37-33(24-29-26-38(27-36-29)25-28-16-8-4-9-17-28)41(30-18-10-5-11-19-30,31-20-12-6-13-21-31)32-22-14-7-15-23-32/h4-23,26-27,33H,24-25H2,1-3H3/p+1/t33-/m0/s1. The highest BCUT2D eigenvalue weighted by molar-refractivity contribution is 7.96.